The molecule has 0 spiro atoms. The third-order valence-corrected chi connectivity index (χ3v) is 2.42. The van der Waals surface area contributed by atoms with Crippen LogP contribution in [0.1, 0.15) is 25.3 Å². The van der Waals surface area contributed by atoms with Crippen molar-refractivity contribution in [2.45, 2.75) is 19.8 Å². The molecule has 0 saturated heterocycles. The molecule has 0 saturated carbocycles. The van der Waals surface area contributed by atoms with E-state index in [9.17, 15) is 10.1 Å². The van der Waals surface area contributed by atoms with Crippen molar-refractivity contribution < 1.29 is 14.4 Å². The van der Waals surface area contributed by atoms with Crippen LogP contribution < -0.4 is 4.74 Å². The molecule has 0 atom stereocenters. The van der Waals surface area contributed by atoms with E-state index in [1.54, 1.807) is 6.07 Å². The molecule has 0 radical (unpaired) electrons. The van der Waals surface area contributed by atoms with Crippen molar-refractivity contribution >= 4 is 5.69 Å². The van der Waals surface area contributed by atoms with Gasteiger partial charge in [-0.25, -0.2) is 0 Å². The molecular weight excluding hydrogens is 248 g/mol. The maximum atomic E-state index is 10.6. The fourth-order valence-corrected chi connectivity index (χ4v) is 1.42. The number of unbranched alkanes of at least 4 members (excludes halogenated alkanes) is 1. The molecule has 6 nitrogen and oxygen atoms in total. The zero-order valence-corrected chi connectivity index (χ0v) is 10.8. The van der Waals surface area contributed by atoms with Crippen LogP contribution in [0.25, 0.3) is 0 Å². The van der Waals surface area contributed by atoms with Gasteiger partial charge in [-0.05, 0) is 12.5 Å². The average Bonchev–Trinajstić information content (AvgIpc) is 2.42. The minimum atomic E-state index is -0.587. The highest BCUT2D eigenvalue weighted by atomic mass is 16.6. The van der Waals surface area contributed by atoms with Crippen LogP contribution in [0.2, 0.25) is 0 Å². The van der Waals surface area contributed by atoms with Gasteiger partial charge in [0.2, 0.25) is 0 Å². The fourth-order valence-electron chi connectivity index (χ4n) is 1.42. The van der Waals surface area contributed by atoms with Gasteiger partial charge in [-0.2, -0.15) is 5.26 Å². The van der Waals surface area contributed by atoms with E-state index in [1.165, 1.54) is 18.2 Å². The van der Waals surface area contributed by atoms with Crippen LogP contribution in [0, 0.1) is 21.4 Å². The topological polar surface area (TPSA) is 85.4 Å². The third-order valence-electron chi connectivity index (χ3n) is 2.42. The molecule has 6 heteroatoms. The largest absolute Gasteiger partial charge is 0.491 e. The molecule has 0 bridgehead atoms. The number of nitro groups is 1. The minimum absolute atomic E-state index is 0.00518. The third kappa shape index (κ3) is 4.94. The molecule has 0 amide bonds. The first-order chi connectivity index (χ1) is 9.19. The van der Waals surface area contributed by atoms with E-state index in [-0.39, 0.29) is 11.3 Å². The summed E-state index contributed by atoms with van der Waals surface area (Å²) in [5, 5.41) is 19.5. The summed E-state index contributed by atoms with van der Waals surface area (Å²) >= 11 is 0. The van der Waals surface area contributed by atoms with Crippen LogP contribution in [-0.2, 0) is 4.74 Å². The van der Waals surface area contributed by atoms with Crippen LogP contribution in [0.4, 0.5) is 5.69 Å². The number of benzene rings is 1. The maximum Gasteiger partial charge on any atom is 0.287 e. The van der Waals surface area contributed by atoms with Crippen molar-refractivity contribution in [3.63, 3.8) is 0 Å². The molecule has 0 heterocycles. The normalized spacial score (nSPS) is 9.89. The van der Waals surface area contributed by atoms with Gasteiger partial charge in [-0.15, -0.1) is 0 Å². The molecule has 0 aromatic heterocycles. The Morgan fingerprint density at radius 3 is 2.79 bits per heavy atom. The molecular formula is C13H16N2O4. The van der Waals surface area contributed by atoms with Gasteiger partial charge in [0.25, 0.3) is 5.69 Å². The lowest BCUT2D eigenvalue weighted by molar-refractivity contribution is -0.385. The zero-order chi connectivity index (χ0) is 14.1. The second-order valence-corrected chi connectivity index (χ2v) is 3.86. The molecule has 1 aromatic rings. The molecule has 1 rings (SSSR count). The first-order valence-corrected chi connectivity index (χ1v) is 6.08. The molecule has 19 heavy (non-hydrogen) atoms. The van der Waals surface area contributed by atoms with Crippen molar-refractivity contribution in [1.29, 1.82) is 5.26 Å². The summed E-state index contributed by atoms with van der Waals surface area (Å²) in [4.78, 5) is 10.1. The highest BCUT2D eigenvalue weighted by molar-refractivity contribution is 5.52. The van der Waals surface area contributed by atoms with Gasteiger partial charge in [-0.3, -0.25) is 10.1 Å². The second-order valence-electron chi connectivity index (χ2n) is 3.86. The zero-order valence-electron chi connectivity index (χ0n) is 10.8. The SMILES string of the molecule is CCCCOCCOc1ccc([N+](=O)[O-])c(C#N)c1. The molecule has 0 aliphatic carbocycles. The van der Waals surface area contributed by atoms with Gasteiger partial charge < -0.3 is 9.47 Å². The monoisotopic (exact) mass is 264 g/mol. The first-order valence-electron chi connectivity index (χ1n) is 6.08. The van der Waals surface area contributed by atoms with Gasteiger partial charge in [-0.1, -0.05) is 13.3 Å². The van der Waals surface area contributed by atoms with E-state index in [0.717, 1.165) is 12.8 Å². The number of nitro benzene ring substituents is 1. The van der Waals surface area contributed by atoms with Crippen molar-refractivity contribution in [1.82, 2.24) is 0 Å². The van der Waals surface area contributed by atoms with E-state index in [4.69, 9.17) is 14.7 Å². The smallest absolute Gasteiger partial charge is 0.287 e. The van der Waals surface area contributed by atoms with Crippen LogP contribution >= 0.6 is 0 Å². The summed E-state index contributed by atoms with van der Waals surface area (Å²) in [6, 6.07) is 5.89. The van der Waals surface area contributed by atoms with Gasteiger partial charge in [0, 0.05) is 18.7 Å². The Hall–Kier alpha value is -2.13. The number of nitrogens with zero attached hydrogens (tertiary/aromatic N) is 2. The predicted molar refractivity (Wildman–Crippen MR) is 69.0 cm³/mol. The highest BCUT2D eigenvalue weighted by Gasteiger charge is 2.13. The van der Waals surface area contributed by atoms with Crippen LogP contribution in [0.3, 0.4) is 0 Å². The maximum absolute atomic E-state index is 10.6. The molecule has 1 aromatic carbocycles. The number of hydrogen-bond acceptors (Lipinski definition) is 5. The molecule has 0 fully saturated rings. The summed E-state index contributed by atoms with van der Waals surface area (Å²) in [5.41, 5.74) is -0.219. The summed E-state index contributed by atoms with van der Waals surface area (Å²) in [6.45, 7) is 3.59. The quantitative estimate of drug-likeness (QED) is 0.409. The lowest BCUT2D eigenvalue weighted by Crippen LogP contribution is -2.07. The molecule has 0 N–H and O–H groups in total. The Kier molecular flexibility index (Phi) is 6.33. The Morgan fingerprint density at radius 2 is 2.16 bits per heavy atom. The van der Waals surface area contributed by atoms with Crippen LogP contribution in [0.15, 0.2) is 18.2 Å². The number of hydrogen-bond donors (Lipinski definition) is 0. The van der Waals surface area contributed by atoms with Gasteiger partial charge in [0.1, 0.15) is 24.0 Å². The van der Waals surface area contributed by atoms with E-state index < -0.39 is 4.92 Å². The van der Waals surface area contributed by atoms with Gasteiger partial charge in [0.15, 0.2) is 0 Å². The molecule has 102 valence electrons. The summed E-state index contributed by atoms with van der Waals surface area (Å²) in [5.74, 6) is 0.432. The Balaban J connectivity index is 2.47. The summed E-state index contributed by atoms with van der Waals surface area (Å²) in [6.07, 6.45) is 2.09. The Labute approximate surface area is 111 Å². The van der Waals surface area contributed by atoms with E-state index >= 15 is 0 Å². The second kappa shape index (κ2) is 8.06. The standard InChI is InChI=1S/C13H16N2O4/c1-2-3-6-18-7-8-19-12-4-5-13(15(16)17)11(9-12)10-14/h4-5,9H,2-3,6-8H2,1H3. The van der Waals surface area contributed by atoms with Crippen molar-refractivity contribution in [2.75, 3.05) is 19.8 Å². The number of rotatable bonds is 8. The Bertz CT molecular complexity index is 468. The van der Waals surface area contributed by atoms with E-state index in [2.05, 4.69) is 6.92 Å². The van der Waals surface area contributed by atoms with Crippen molar-refractivity contribution in [3.05, 3.63) is 33.9 Å². The highest BCUT2D eigenvalue weighted by Crippen LogP contribution is 2.23. The average molecular weight is 264 g/mol. The van der Waals surface area contributed by atoms with Crippen molar-refractivity contribution in [3.8, 4) is 11.8 Å². The minimum Gasteiger partial charge on any atom is -0.491 e. The predicted octanol–water partition coefficient (Wildman–Crippen LogP) is 2.66. The molecule has 0 aliphatic heterocycles. The fraction of sp³-hybridized carbons (Fsp3) is 0.462. The summed E-state index contributed by atoms with van der Waals surface area (Å²) in [7, 11) is 0. The molecule has 0 unspecified atom stereocenters. The van der Waals surface area contributed by atoms with E-state index in [0.29, 0.717) is 25.6 Å². The van der Waals surface area contributed by atoms with Gasteiger partial charge in [0.05, 0.1) is 11.5 Å². The summed E-state index contributed by atoms with van der Waals surface area (Å²) < 4.78 is 10.7. The van der Waals surface area contributed by atoms with E-state index in [1.807, 2.05) is 0 Å². The number of ether oxygens (including phenoxy) is 2. The molecule has 0 aliphatic rings. The van der Waals surface area contributed by atoms with Crippen LogP contribution in [-0.4, -0.2) is 24.7 Å². The lowest BCUT2D eigenvalue weighted by Gasteiger charge is -2.07. The van der Waals surface area contributed by atoms with Crippen LogP contribution in [0.5, 0.6) is 5.75 Å². The lowest BCUT2D eigenvalue weighted by atomic mass is 10.2. The Morgan fingerprint density at radius 1 is 1.37 bits per heavy atom. The van der Waals surface area contributed by atoms with Gasteiger partial charge >= 0.3 is 0 Å². The first kappa shape index (κ1) is 14.9. The van der Waals surface area contributed by atoms with Crippen molar-refractivity contribution in [2.24, 2.45) is 0 Å². The number of nitriles is 1.